The summed E-state index contributed by atoms with van der Waals surface area (Å²) in [6, 6.07) is 0. The maximum atomic E-state index is 12.6. The molecule has 0 spiro atoms. The second kappa shape index (κ2) is 41.5. The van der Waals surface area contributed by atoms with Crippen LogP contribution in [-0.2, 0) is 29.0 Å². The van der Waals surface area contributed by atoms with Gasteiger partial charge in [0.15, 0.2) is 0 Å². The molecule has 0 aliphatic heterocycles. The van der Waals surface area contributed by atoms with Crippen molar-refractivity contribution in [2.45, 2.75) is 206 Å². The van der Waals surface area contributed by atoms with E-state index in [1.54, 1.807) is 11.8 Å². The van der Waals surface area contributed by atoms with E-state index in [0.29, 0.717) is 25.2 Å². The predicted molar refractivity (Wildman–Crippen MR) is 206 cm³/mol. The summed E-state index contributed by atoms with van der Waals surface area (Å²) in [5.41, 5.74) is 0. The van der Waals surface area contributed by atoms with Gasteiger partial charge in [0.05, 0.1) is 6.61 Å². The van der Waals surface area contributed by atoms with Crippen LogP contribution in [-0.4, -0.2) is 61.1 Å². The summed E-state index contributed by atoms with van der Waals surface area (Å²) in [5.74, 6) is 1.32. The van der Waals surface area contributed by atoms with Gasteiger partial charge in [-0.25, -0.2) is 10.1 Å². The van der Waals surface area contributed by atoms with Crippen molar-refractivity contribution in [3.8, 4) is 0 Å². The monoisotopic (exact) mass is 718 g/mol. The largest absolute Gasteiger partial charge is 0.462 e. The highest BCUT2D eigenvalue weighted by Crippen LogP contribution is 2.15. The van der Waals surface area contributed by atoms with Crippen LogP contribution in [0.15, 0.2) is 0 Å². The zero-order chi connectivity index (χ0) is 35.7. The van der Waals surface area contributed by atoms with Crippen molar-refractivity contribution in [1.29, 1.82) is 0 Å². The van der Waals surface area contributed by atoms with E-state index in [9.17, 15) is 9.59 Å². The minimum Gasteiger partial charge on any atom is -0.462 e. The van der Waals surface area contributed by atoms with Crippen molar-refractivity contribution in [1.82, 2.24) is 5.32 Å². The fraction of sp³-hybridized carbons (Fsp3) is 0.950. The molecule has 0 saturated carbocycles. The summed E-state index contributed by atoms with van der Waals surface area (Å²) in [6.07, 6.45) is 33.0. The van der Waals surface area contributed by atoms with Crippen molar-refractivity contribution in [3.63, 3.8) is 0 Å². The average Bonchev–Trinajstić information content (AvgIpc) is 3.10. The summed E-state index contributed by atoms with van der Waals surface area (Å²) in [7, 11) is 0. The molecule has 1 atom stereocenters. The lowest BCUT2D eigenvalue weighted by Crippen LogP contribution is -2.28. The van der Waals surface area contributed by atoms with Crippen molar-refractivity contribution in [2.75, 3.05) is 37.8 Å². The van der Waals surface area contributed by atoms with Gasteiger partial charge in [-0.05, 0) is 50.9 Å². The third-order valence-corrected chi connectivity index (χ3v) is 10.2. The van der Waals surface area contributed by atoms with E-state index in [4.69, 9.17) is 14.7 Å². The first-order valence-electron chi connectivity index (χ1n) is 20.7. The van der Waals surface area contributed by atoms with E-state index < -0.39 is 0 Å². The molecule has 0 rings (SSSR count). The summed E-state index contributed by atoms with van der Waals surface area (Å²) in [5, 5.41) is 15.3. The third-order valence-electron chi connectivity index (χ3n) is 9.03. The molecule has 0 saturated heterocycles. The highest BCUT2D eigenvalue weighted by molar-refractivity contribution is 7.99. The van der Waals surface area contributed by atoms with Crippen molar-refractivity contribution in [2.24, 2.45) is 0 Å². The Kier molecular flexibility index (Phi) is 40.8. The molecule has 0 aromatic rings. The van der Waals surface area contributed by atoms with Gasteiger partial charge in [-0.2, -0.15) is 11.8 Å². The summed E-state index contributed by atoms with van der Waals surface area (Å²) < 4.78 is 11.4. The second-order valence-electron chi connectivity index (χ2n) is 13.9. The van der Waals surface area contributed by atoms with Gasteiger partial charge in [0, 0.05) is 18.6 Å². The van der Waals surface area contributed by atoms with Crippen LogP contribution in [0.3, 0.4) is 0 Å². The molecule has 9 heteroatoms. The smallest absolute Gasteiger partial charge is 0.306 e. The fourth-order valence-electron chi connectivity index (χ4n) is 5.93. The van der Waals surface area contributed by atoms with Gasteiger partial charge >= 0.3 is 11.9 Å². The number of unbranched alkanes of at least 4 members (excludes halogenated alkanes) is 23. The third kappa shape index (κ3) is 39.8. The normalized spacial score (nSPS) is 12.0. The first-order chi connectivity index (χ1) is 24.1. The SMILES string of the molecule is CCCCCCCCCCCC(=O)OCC(CSCCCNCCCCCCCCCCOOO)OC(=O)CCCCCCCCCCC. The molecule has 292 valence electrons. The summed E-state index contributed by atoms with van der Waals surface area (Å²) in [4.78, 5) is 29.5. The van der Waals surface area contributed by atoms with Gasteiger partial charge in [-0.3, -0.25) is 9.59 Å². The molecule has 2 N–H and O–H groups in total. The van der Waals surface area contributed by atoms with E-state index in [1.807, 2.05) is 0 Å². The summed E-state index contributed by atoms with van der Waals surface area (Å²) in [6.45, 7) is 7.15. The number of hydrogen-bond acceptors (Lipinski definition) is 9. The van der Waals surface area contributed by atoms with Gasteiger partial charge in [0.25, 0.3) is 0 Å². The average molecular weight is 718 g/mol. The maximum Gasteiger partial charge on any atom is 0.306 e. The molecule has 0 heterocycles. The number of nitrogens with one attached hydrogen (secondary N) is 1. The zero-order valence-corrected chi connectivity index (χ0v) is 32.9. The Hall–Kier alpha value is -0.870. The van der Waals surface area contributed by atoms with E-state index in [1.165, 1.54) is 128 Å². The summed E-state index contributed by atoms with van der Waals surface area (Å²) >= 11 is 1.78. The Morgan fingerprint density at radius 2 is 1.02 bits per heavy atom. The molecule has 0 amide bonds. The van der Waals surface area contributed by atoms with Crippen molar-refractivity contribution < 1.29 is 34.2 Å². The van der Waals surface area contributed by atoms with Crippen LogP contribution in [0.5, 0.6) is 0 Å². The van der Waals surface area contributed by atoms with Crippen molar-refractivity contribution >= 4 is 23.7 Å². The minimum atomic E-state index is -0.376. The van der Waals surface area contributed by atoms with Gasteiger partial charge < -0.3 is 14.8 Å². The first kappa shape index (κ1) is 48.1. The Balaban J connectivity index is 4.13. The first-order valence-corrected chi connectivity index (χ1v) is 21.9. The quantitative estimate of drug-likeness (QED) is 0.0277. The fourth-order valence-corrected chi connectivity index (χ4v) is 6.87. The highest BCUT2D eigenvalue weighted by Gasteiger charge is 2.17. The second-order valence-corrected chi connectivity index (χ2v) is 15.0. The molecule has 0 radical (unpaired) electrons. The number of carbonyl (C=O) groups is 2. The Morgan fingerprint density at radius 1 is 0.571 bits per heavy atom. The molecule has 0 aromatic carbocycles. The molecule has 0 aliphatic rings. The Morgan fingerprint density at radius 3 is 1.55 bits per heavy atom. The molecular formula is C40H79NO7S. The van der Waals surface area contributed by atoms with Crippen LogP contribution in [0.2, 0.25) is 0 Å². The lowest BCUT2D eigenvalue weighted by atomic mass is 10.1. The highest BCUT2D eigenvalue weighted by atomic mass is 32.2. The van der Waals surface area contributed by atoms with Crippen molar-refractivity contribution in [3.05, 3.63) is 0 Å². The minimum absolute atomic E-state index is 0.159. The van der Waals surface area contributed by atoms with Crippen LogP contribution < -0.4 is 5.32 Å². The zero-order valence-electron chi connectivity index (χ0n) is 32.1. The van der Waals surface area contributed by atoms with Gasteiger partial charge in [-0.15, -0.1) is 0 Å². The van der Waals surface area contributed by atoms with Gasteiger partial charge in [0.1, 0.15) is 12.7 Å². The molecule has 0 bridgehead atoms. The number of carbonyl (C=O) groups excluding carboxylic acids is 2. The maximum absolute atomic E-state index is 12.6. The number of ether oxygens (including phenoxy) is 2. The number of hydrogen-bond donors (Lipinski definition) is 2. The van der Waals surface area contributed by atoms with Crippen LogP contribution in [0.4, 0.5) is 0 Å². The number of esters is 2. The molecular weight excluding hydrogens is 639 g/mol. The molecule has 0 aliphatic carbocycles. The predicted octanol–water partition coefficient (Wildman–Crippen LogP) is 11.5. The lowest BCUT2D eigenvalue weighted by Gasteiger charge is -2.18. The standard InChI is InChI=1S/C40H79NO7S/c1-3-5-7-9-11-13-17-21-25-30-39(42)45-36-38(47-40(43)31-26-22-18-14-12-10-8-6-4-2)37-49-35-29-33-41-32-27-23-19-15-16-20-24-28-34-46-48-44/h38,41,44H,3-37H2,1-2H3. The van der Waals surface area contributed by atoms with E-state index in [-0.39, 0.29) is 24.6 Å². The molecule has 0 aromatic heterocycles. The van der Waals surface area contributed by atoms with Gasteiger partial charge in [0.2, 0.25) is 0 Å². The molecule has 49 heavy (non-hydrogen) atoms. The lowest BCUT2D eigenvalue weighted by molar-refractivity contribution is -0.490. The van der Waals surface area contributed by atoms with Crippen LogP contribution in [0.1, 0.15) is 200 Å². The number of rotatable bonds is 41. The Bertz CT molecular complexity index is 685. The van der Waals surface area contributed by atoms with E-state index in [0.717, 1.165) is 63.8 Å². The molecule has 1 unspecified atom stereocenters. The van der Waals surface area contributed by atoms with Crippen LogP contribution >= 0.6 is 11.8 Å². The van der Waals surface area contributed by atoms with E-state index in [2.05, 4.69) is 29.1 Å². The topological polar surface area (TPSA) is 103 Å². The molecule has 8 nitrogen and oxygen atoms in total. The molecule has 0 fully saturated rings. The van der Waals surface area contributed by atoms with Crippen LogP contribution in [0, 0.1) is 0 Å². The van der Waals surface area contributed by atoms with Crippen LogP contribution in [0.25, 0.3) is 0 Å². The van der Waals surface area contributed by atoms with Gasteiger partial charge in [-0.1, -0.05) is 160 Å². The number of thioether (sulfide) groups is 1. The van der Waals surface area contributed by atoms with E-state index >= 15 is 0 Å². The Labute approximate surface area is 306 Å².